The van der Waals surface area contributed by atoms with Gasteiger partial charge in [-0.2, -0.15) is 0 Å². The van der Waals surface area contributed by atoms with E-state index in [1.54, 1.807) is 17.1 Å². The summed E-state index contributed by atoms with van der Waals surface area (Å²) in [6, 6.07) is 19.1. The molecule has 0 atom stereocenters. The summed E-state index contributed by atoms with van der Waals surface area (Å²) >= 11 is 12.7. The molecule has 0 fully saturated rings. The lowest BCUT2D eigenvalue weighted by Crippen LogP contribution is -2.20. The second kappa shape index (κ2) is 9.90. The second-order valence-corrected chi connectivity index (χ2v) is 8.58. The Morgan fingerprint density at radius 3 is 2.62 bits per heavy atom. The van der Waals surface area contributed by atoms with Gasteiger partial charge < -0.3 is 10.1 Å². The van der Waals surface area contributed by atoms with Gasteiger partial charge in [0.2, 0.25) is 5.95 Å². The number of methoxy groups -OCH3 is 1. The van der Waals surface area contributed by atoms with Gasteiger partial charge in [0.1, 0.15) is 11.3 Å². The van der Waals surface area contributed by atoms with Gasteiger partial charge in [0.25, 0.3) is 0 Å². The number of nitrogens with zero attached hydrogens (tertiary/aromatic N) is 3. The third kappa shape index (κ3) is 5.31. The molecule has 4 rings (SSSR count). The number of rotatable bonds is 6. The van der Waals surface area contributed by atoms with Crippen LogP contribution in [0.2, 0.25) is 5.02 Å². The molecule has 2 N–H and O–H groups in total. The molecule has 2 heterocycles. The van der Waals surface area contributed by atoms with Gasteiger partial charge in [0.05, 0.1) is 19.2 Å². The lowest BCUT2D eigenvalue weighted by atomic mass is 10.1. The first-order chi connectivity index (χ1) is 15.5. The molecule has 7 nitrogen and oxygen atoms in total. The van der Waals surface area contributed by atoms with Crippen LogP contribution in [0.4, 0.5) is 10.9 Å². The maximum absolute atomic E-state index is 12.3. The van der Waals surface area contributed by atoms with Gasteiger partial charge in [-0.3, -0.25) is 5.32 Å². The zero-order valence-electron chi connectivity index (χ0n) is 16.9. The first-order valence-corrected chi connectivity index (χ1v) is 11.1. The predicted molar refractivity (Wildman–Crippen MR) is 132 cm³/mol. The third-order valence-corrected chi connectivity index (χ3v) is 6.00. The SMILES string of the molecule is COC(=O)c1cc(-c2ccccc2)sc1NC(=S)Nc1ncn(Cc2ccc(Cl)cc2)n1. The van der Waals surface area contributed by atoms with E-state index in [0.29, 0.717) is 28.1 Å². The molecule has 0 amide bonds. The number of thiophene rings is 1. The number of carbonyl (C=O) groups is 1. The number of hydrogen-bond acceptors (Lipinski definition) is 6. The average molecular weight is 484 g/mol. The van der Waals surface area contributed by atoms with Crippen molar-refractivity contribution >= 4 is 57.2 Å². The van der Waals surface area contributed by atoms with E-state index >= 15 is 0 Å². The molecule has 162 valence electrons. The van der Waals surface area contributed by atoms with E-state index < -0.39 is 5.97 Å². The number of esters is 1. The Kier molecular flexibility index (Phi) is 6.79. The summed E-state index contributed by atoms with van der Waals surface area (Å²) in [6.07, 6.45) is 1.61. The Morgan fingerprint density at radius 2 is 1.91 bits per heavy atom. The number of carbonyl (C=O) groups excluding carboxylic acids is 1. The van der Waals surface area contributed by atoms with Crippen molar-refractivity contribution in [3.8, 4) is 10.4 Å². The smallest absolute Gasteiger partial charge is 0.340 e. The van der Waals surface area contributed by atoms with Crippen LogP contribution in [-0.4, -0.2) is 33.0 Å². The van der Waals surface area contributed by atoms with Crippen molar-refractivity contribution in [3.63, 3.8) is 0 Å². The minimum atomic E-state index is -0.445. The standard InChI is InChI=1S/C22H18ClN5O2S2/c1-30-20(29)17-11-18(15-5-3-2-4-6-15)32-19(17)25-22(31)26-21-24-13-28(27-21)12-14-7-9-16(23)10-8-14/h2-11,13H,12H2,1H3,(H2,25,26,27,31). The van der Waals surface area contributed by atoms with Crippen LogP contribution in [0.25, 0.3) is 10.4 Å². The predicted octanol–water partition coefficient (Wildman–Crippen LogP) is 5.30. The van der Waals surface area contributed by atoms with Gasteiger partial charge in [-0.15, -0.1) is 16.4 Å². The Morgan fingerprint density at radius 1 is 1.16 bits per heavy atom. The Labute approximate surface area is 199 Å². The third-order valence-electron chi connectivity index (χ3n) is 4.44. The average Bonchev–Trinajstić information content (AvgIpc) is 3.42. The number of hydrogen-bond donors (Lipinski definition) is 2. The minimum absolute atomic E-state index is 0.265. The van der Waals surface area contributed by atoms with Crippen molar-refractivity contribution in [2.75, 3.05) is 17.7 Å². The first-order valence-electron chi connectivity index (χ1n) is 9.51. The van der Waals surface area contributed by atoms with Crippen LogP contribution < -0.4 is 10.6 Å². The molecule has 0 spiro atoms. The highest BCUT2D eigenvalue weighted by molar-refractivity contribution is 7.80. The van der Waals surface area contributed by atoms with E-state index in [1.165, 1.54) is 18.4 Å². The Bertz CT molecular complexity index is 1240. The molecule has 32 heavy (non-hydrogen) atoms. The van der Waals surface area contributed by atoms with Gasteiger partial charge in [-0.25, -0.2) is 14.5 Å². The fraction of sp³-hybridized carbons (Fsp3) is 0.0909. The van der Waals surface area contributed by atoms with E-state index in [1.807, 2.05) is 54.6 Å². The number of thiocarbonyl (C=S) groups is 1. The minimum Gasteiger partial charge on any atom is -0.465 e. The van der Waals surface area contributed by atoms with Crippen molar-refractivity contribution in [2.24, 2.45) is 0 Å². The molecule has 0 saturated heterocycles. The number of nitrogens with one attached hydrogen (secondary N) is 2. The maximum Gasteiger partial charge on any atom is 0.340 e. The summed E-state index contributed by atoms with van der Waals surface area (Å²) in [5.41, 5.74) is 2.44. The highest BCUT2D eigenvalue weighted by atomic mass is 35.5. The Balaban J connectivity index is 1.46. The van der Waals surface area contributed by atoms with Crippen LogP contribution in [0.5, 0.6) is 0 Å². The molecular formula is C22H18ClN5O2S2. The fourth-order valence-corrected chi connectivity index (χ4v) is 4.37. The van der Waals surface area contributed by atoms with Crippen LogP contribution in [0.15, 0.2) is 67.0 Å². The van der Waals surface area contributed by atoms with E-state index in [4.69, 9.17) is 28.6 Å². The number of ether oxygens (including phenoxy) is 1. The van der Waals surface area contributed by atoms with Gasteiger partial charge >= 0.3 is 5.97 Å². The number of anilines is 2. The van der Waals surface area contributed by atoms with Gasteiger partial charge in [0, 0.05) is 9.90 Å². The van der Waals surface area contributed by atoms with Crippen LogP contribution >= 0.6 is 35.2 Å². The van der Waals surface area contributed by atoms with Gasteiger partial charge in [0.15, 0.2) is 5.11 Å². The summed E-state index contributed by atoms with van der Waals surface area (Å²) < 4.78 is 6.61. The molecule has 0 aliphatic heterocycles. The number of benzene rings is 2. The summed E-state index contributed by atoms with van der Waals surface area (Å²) in [4.78, 5) is 17.4. The molecule has 2 aromatic carbocycles. The van der Waals surface area contributed by atoms with Crippen molar-refractivity contribution in [2.45, 2.75) is 6.54 Å². The molecule has 10 heteroatoms. The molecule has 0 radical (unpaired) electrons. The van der Waals surface area contributed by atoms with Crippen LogP contribution in [-0.2, 0) is 11.3 Å². The van der Waals surface area contributed by atoms with E-state index in [2.05, 4.69) is 20.7 Å². The monoisotopic (exact) mass is 483 g/mol. The summed E-state index contributed by atoms with van der Waals surface area (Å²) in [5, 5.41) is 11.9. The largest absolute Gasteiger partial charge is 0.465 e. The van der Waals surface area contributed by atoms with Crippen molar-refractivity contribution in [3.05, 3.63) is 83.1 Å². The van der Waals surface area contributed by atoms with E-state index in [9.17, 15) is 4.79 Å². The summed E-state index contributed by atoms with van der Waals surface area (Å²) in [7, 11) is 1.35. The zero-order valence-corrected chi connectivity index (χ0v) is 19.3. The second-order valence-electron chi connectivity index (χ2n) is 6.68. The molecular weight excluding hydrogens is 466 g/mol. The molecule has 0 aliphatic carbocycles. The molecule has 0 saturated carbocycles. The summed E-state index contributed by atoms with van der Waals surface area (Å²) in [6.45, 7) is 0.546. The van der Waals surface area contributed by atoms with Gasteiger partial charge in [-0.05, 0) is 41.5 Å². The van der Waals surface area contributed by atoms with Crippen molar-refractivity contribution < 1.29 is 9.53 Å². The Hall–Kier alpha value is -3.27. The van der Waals surface area contributed by atoms with Crippen LogP contribution in [0.1, 0.15) is 15.9 Å². The van der Waals surface area contributed by atoms with Crippen LogP contribution in [0.3, 0.4) is 0 Å². The van der Waals surface area contributed by atoms with E-state index in [-0.39, 0.29) is 5.11 Å². The quantitative estimate of drug-likeness (QED) is 0.284. The lowest BCUT2D eigenvalue weighted by molar-refractivity contribution is 0.0602. The highest BCUT2D eigenvalue weighted by Gasteiger charge is 2.19. The van der Waals surface area contributed by atoms with E-state index in [0.717, 1.165) is 16.0 Å². The van der Waals surface area contributed by atoms with Crippen LogP contribution in [0, 0.1) is 0 Å². The lowest BCUT2D eigenvalue weighted by Gasteiger charge is -2.07. The normalized spacial score (nSPS) is 10.6. The maximum atomic E-state index is 12.3. The fourth-order valence-electron chi connectivity index (χ4n) is 2.93. The molecule has 0 unspecified atom stereocenters. The molecule has 0 bridgehead atoms. The molecule has 4 aromatic rings. The summed E-state index contributed by atoms with van der Waals surface area (Å²) in [5.74, 6) is -0.102. The van der Waals surface area contributed by atoms with Crippen molar-refractivity contribution in [1.82, 2.24) is 14.8 Å². The first kappa shape index (κ1) is 21.9. The number of aromatic nitrogens is 3. The molecule has 2 aromatic heterocycles. The zero-order chi connectivity index (χ0) is 22.5. The topological polar surface area (TPSA) is 81.1 Å². The van der Waals surface area contributed by atoms with Gasteiger partial charge in [-0.1, -0.05) is 54.1 Å². The number of halogens is 1. The highest BCUT2D eigenvalue weighted by Crippen LogP contribution is 2.35. The van der Waals surface area contributed by atoms with Crippen molar-refractivity contribution in [1.29, 1.82) is 0 Å². The molecule has 0 aliphatic rings.